The van der Waals surface area contributed by atoms with E-state index in [9.17, 15) is 8.42 Å². The van der Waals surface area contributed by atoms with Gasteiger partial charge in [-0.05, 0) is 38.1 Å². The molecule has 3 heterocycles. The van der Waals surface area contributed by atoms with Crippen LogP contribution in [-0.2, 0) is 17.1 Å². The van der Waals surface area contributed by atoms with Gasteiger partial charge in [-0.3, -0.25) is 9.29 Å². The Balaban J connectivity index is 1.49. The first-order valence-corrected chi connectivity index (χ1v) is 10.5. The van der Waals surface area contributed by atoms with Gasteiger partial charge in [-0.25, -0.2) is 19.9 Å². The van der Waals surface area contributed by atoms with Gasteiger partial charge in [0.05, 0.1) is 0 Å². The van der Waals surface area contributed by atoms with Gasteiger partial charge in [0.1, 0.15) is 29.6 Å². The van der Waals surface area contributed by atoms with Gasteiger partial charge in [-0.2, -0.15) is 8.42 Å². The molecule has 154 valence electrons. The normalized spacial score (nSPS) is 11.4. The fourth-order valence-corrected chi connectivity index (χ4v) is 3.90. The van der Waals surface area contributed by atoms with Gasteiger partial charge in [0.2, 0.25) is 0 Å². The van der Waals surface area contributed by atoms with E-state index in [2.05, 4.69) is 30.0 Å². The highest BCUT2D eigenvalue weighted by molar-refractivity contribution is 7.92. The Morgan fingerprint density at radius 3 is 2.33 bits per heavy atom. The Morgan fingerprint density at radius 1 is 0.967 bits per heavy atom. The summed E-state index contributed by atoms with van der Waals surface area (Å²) in [5.41, 5.74) is 1.18. The minimum atomic E-state index is -3.75. The molecule has 0 saturated carbocycles. The number of hydrogen-bond donors (Lipinski definition) is 2. The summed E-state index contributed by atoms with van der Waals surface area (Å²) in [6.45, 7) is 3.63. The molecule has 0 amide bonds. The van der Waals surface area contributed by atoms with Crippen LogP contribution in [0.1, 0.15) is 11.6 Å². The molecule has 3 aromatic heterocycles. The maximum Gasteiger partial charge on any atom is 0.280 e. The first kappa shape index (κ1) is 19.6. The van der Waals surface area contributed by atoms with Crippen LogP contribution < -0.4 is 10.0 Å². The number of anilines is 3. The van der Waals surface area contributed by atoms with Crippen LogP contribution in [0.4, 0.5) is 17.2 Å². The summed E-state index contributed by atoms with van der Waals surface area (Å²) >= 11 is 0. The van der Waals surface area contributed by atoms with E-state index >= 15 is 0 Å². The number of nitrogens with zero attached hydrogens (tertiary/aromatic N) is 6. The van der Waals surface area contributed by atoms with Gasteiger partial charge >= 0.3 is 0 Å². The number of benzene rings is 1. The van der Waals surface area contributed by atoms with E-state index in [1.807, 2.05) is 17.7 Å². The molecule has 0 radical (unpaired) electrons. The lowest BCUT2D eigenvalue weighted by molar-refractivity contribution is 0.598. The first-order chi connectivity index (χ1) is 14.3. The molecular formula is C19H20N8O2S. The van der Waals surface area contributed by atoms with Crippen molar-refractivity contribution in [1.82, 2.24) is 29.1 Å². The second-order valence-corrected chi connectivity index (χ2v) is 8.28. The molecule has 0 spiro atoms. The van der Waals surface area contributed by atoms with Crippen molar-refractivity contribution in [3.8, 4) is 5.82 Å². The quantitative estimate of drug-likeness (QED) is 0.488. The van der Waals surface area contributed by atoms with Gasteiger partial charge < -0.3 is 9.88 Å². The summed E-state index contributed by atoms with van der Waals surface area (Å²) < 4.78 is 31.0. The third kappa shape index (κ3) is 4.01. The zero-order valence-corrected chi connectivity index (χ0v) is 17.4. The molecule has 0 saturated heterocycles. The third-order valence-electron chi connectivity index (χ3n) is 4.50. The van der Waals surface area contributed by atoms with Crippen LogP contribution in [-0.4, -0.2) is 37.5 Å². The van der Waals surface area contributed by atoms with Crippen LogP contribution in [0.2, 0.25) is 0 Å². The summed E-state index contributed by atoms with van der Waals surface area (Å²) in [5, 5.41) is 3.16. The fraction of sp³-hybridized carbons (Fsp3) is 0.158. The molecular weight excluding hydrogens is 404 g/mol. The molecule has 11 heteroatoms. The van der Waals surface area contributed by atoms with Crippen LogP contribution in [0.3, 0.4) is 0 Å². The van der Waals surface area contributed by atoms with Crippen LogP contribution in [0.5, 0.6) is 0 Å². The highest BCUT2D eigenvalue weighted by Gasteiger charge is 2.18. The van der Waals surface area contributed by atoms with Crippen molar-refractivity contribution in [1.29, 1.82) is 0 Å². The molecule has 0 unspecified atom stereocenters. The molecule has 0 bridgehead atoms. The average molecular weight is 424 g/mol. The van der Waals surface area contributed by atoms with Gasteiger partial charge in [0.25, 0.3) is 10.0 Å². The summed E-state index contributed by atoms with van der Waals surface area (Å²) in [5.74, 6) is 2.73. The van der Waals surface area contributed by atoms with Crippen molar-refractivity contribution in [2.45, 2.75) is 18.9 Å². The van der Waals surface area contributed by atoms with Gasteiger partial charge in [0, 0.05) is 43.1 Å². The average Bonchev–Trinajstić information content (AvgIpc) is 3.29. The second kappa shape index (κ2) is 7.59. The maximum atomic E-state index is 12.5. The van der Waals surface area contributed by atoms with E-state index in [1.165, 1.54) is 12.5 Å². The standard InChI is InChI=1S/C19H20N8O2S/c1-13-20-8-9-27(13)18-10-17(21-12-22-18)24-15-4-6-16(7-5-15)25-30(28,29)19-11-26(3)14(2)23-19/h4-12,25H,1-3H3,(H,21,22,24). The molecule has 10 nitrogen and oxygen atoms in total. The number of rotatable bonds is 6. The lowest BCUT2D eigenvalue weighted by Crippen LogP contribution is -2.13. The maximum absolute atomic E-state index is 12.5. The Bertz CT molecular complexity index is 1270. The van der Waals surface area contributed by atoms with E-state index in [1.54, 1.807) is 55.1 Å². The first-order valence-electron chi connectivity index (χ1n) is 9.04. The molecule has 4 aromatic rings. The van der Waals surface area contributed by atoms with Crippen molar-refractivity contribution < 1.29 is 8.42 Å². The summed E-state index contributed by atoms with van der Waals surface area (Å²) in [4.78, 5) is 16.8. The Morgan fingerprint density at radius 2 is 1.70 bits per heavy atom. The lowest BCUT2D eigenvalue weighted by Gasteiger charge is -2.10. The third-order valence-corrected chi connectivity index (χ3v) is 5.75. The number of aryl methyl sites for hydroxylation is 3. The van der Waals surface area contributed by atoms with Crippen molar-refractivity contribution >= 4 is 27.2 Å². The number of imidazole rings is 2. The second-order valence-electron chi connectivity index (χ2n) is 6.65. The predicted molar refractivity (Wildman–Crippen MR) is 112 cm³/mol. The SMILES string of the molecule is Cc1nc(S(=O)(=O)Nc2ccc(Nc3cc(-n4ccnc4C)ncn3)cc2)cn1C. The summed E-state index contributed by atoms with van der Waals surface area (Å²) in [6, 6.07) is 8.64. The molecule has 2 N–H and O–H groups in total. The number of aromatic nitrogens is 6. The molecule has 0 fully saturated rings. The Kier molecular flexibility index (Phi) is 4.96. The van der Waals surface area contributed by atoms with Crippen molar-refractivity contribution in [2.75, 3.05) is 10.0 Å². The lowest BCUT2D eigenvalue weighted by atomic mass is 10.3. The van der Waals surface area contributed by atoms with Crippen molar-refractivity contribution in [3.63, 3.8) is 0 Å². The highest BCUT2D eigenvalue weighted by atomic mass is 32.2. The minimum Gasteiger partial charge on any atom is -0.340 e. The van der Waals surface area contributed by atoms with Gasteiger partial charge in [0.15, 0.2) is 5.03 Å². The largest absolute Gasteiger partial charge is 0.340 e. The van der Waals surface area contributed by atoms with E-state index in [0.717, 1.165) is 11.5 Å². The van der Waals surface area contributed by atoms with Crippen LogP contribution in [0.25, 0.3) is 5.82 Å². The van der Waals surface area contributed by atoms with E-state index < -0.39 is 10.0 Å². The van der Waals surface area contributed by atoms with Crippen LogP contribution in [0, 0.1) is 13.8 Å². The molecule has 4 rings (SSSR count). The summed E-state index contributed by atoms with van der Waals surface area (Å²) in [6.07, 6.45) is 6.47. The molecule has 0 aliphatic heterocycles. The molecule has 30 heavy (non-hydrogen) atoms. The van der Waals surface area contributed by atoms with E-state index in [-0.39, 0.29) is 5.03 Å². The molecule has 0 atom stereocenters. The molecule has 0 aliphatic carbocycles. The van der Waals surface area contributed by atoms with Crippen molar-refractivity contribution in [3.05, 3.63) is 66.9 Å². The Hall–Kier alpha value is -3.73. The zero-order valence-electron chi connectivity index (χ0n) is 16.6. The van der Waals surface area contributed by atoms with Crippen molar-refractivity contribution in [2.24, 2.45) is 7.05 Å². The number of nitrogens with one attached hydrogen (secondary N) is 2. The topological polar surface area (TPSA) is 120 Å². The number of sulfonamides is 1. The van der Waals surface area contributed by atoms with Gasteiger partial charge in [-0.1, -0.05) is 0 Å². The fourth-order valence-electron chi connectivity index (χ4n) is 2.80. The van der Waals surface area contributed by atoms with Crippen LogP contribution in [0.15, 0.2) is 60.3 Å². The van der Waals surface area contributed by atoms with E-state index in [0.29, 0.717) is 23.1 Å². The smallest absolute Gasteiger partial charge is 0.280 e. The number of hydrogen-bond acceptors (Lipinski definition) is 7. The monoisotopic (exact) mass is 424 g/mol. The van der Waals surface area contributed by atoms with Crippen LogP contribution >= 0.6 is 0 Å². The predicted octanol–water partition coefficient (Wildman–Crippen LogP) is 2.56. The minimum absolute atomic E-state index is 0.0204. The summed E-state index contributed by atoms with van der Waals surface area (Å²) in [7, 11) is -2.01. The molecule has 0 aliphatic rings. The Labute approximate surface area is 173 Å². The highest BCUT2D eigenvalue weighted by Crippen LogP contribution is 2.21. The van der Waals surface area contributed by atoms with Gasteiger partial charge in [-0.15, -0.1) is 0 Å². The zero-order chi connectivity index (χ0) is 21.3. The molecule has 1 aromatic carbocycles. The van der Waals surface area contributed by atoms with E-state index in [4.69, 9.17) is 0 Å².